The van der Waals surface area contributed by atoms with Gasteiger partial charge in [-0.25, -0.2) is 0 Å². The van der Waals surface area contributed by atoms with E-state index in [2.05, 4.69) is 332 Å². The first-order valence-corrected chi connectivity index (χ1v) is 53.2. The van der Waals surface area contributed by atoms with E-state index in [1.165, 1.54) is 102 Å². The molecule has 0 bridgehead atoms. The molecule has 14 heteroatoms. The smallest absolute Gasteiger partial charge is 0.155 e. The number of rotatable bonds is 16. The summed E-state index contributed by atoms with van der Waals surface area (Å²) in [4.78, 5) is 33.3. The standard InChI is InChI=1S/4C20H20NSi.C19H16N.C5H8O2.3Ir/c3*1-22(2,3)20-14-19(17-12-8-5-9-13-17)21-15-18(20)16-10-6-4-7-11-16;1-22(2,3)19-12-13-20(21-15-19)18-11-7-10-17(14-18)16-8-5-4-6-9-16;1-2-15-13-19(17-11-7-4-8-12-17)20-14-18(15)16-9-5-3-6-10-16;1-4(6)3-5(2)7;;;/h3*4-12,14-15H,1-3H3;4-10,12-15H,1-3H3;3-11,13-14H,2H2,1H3;3,6H,1-2H3;;;/q5*-1;;;;. The van der Waals surface area contributed by atoms with Crippen LogP contribution in [0.5, 0.6) is 0 Å². The average Bonchev–Trinajstić information content (AvgIpc) is 0.799. The van der Waals surface area contributed by atoms with E-state index < -0.39 is 32.3 Å². The molecule has 0 aliphatic rings. The third-order valence-electron chi connectivity index (χ3n) is 19.0. The number of aryl methyl sites for hydroxylation is 1. The molecule has 5 heterocycles. The maximum absolute atomic E-state index is 10.0. The quantitative estimate of drug-likeness (QED) is 0.0445. The van der Waals surface area contributed by atoms with Crippen molar-refractivity contribution in [2.75, 3.05) is 0 Å². The summed E-state index contributed by atoms with van der Waals surface area (Å²) in [6, 6.07) is 120. The molecule has 5 aromatic heterocycles. The van der Waals surface area contributed by atoms with Gasteiger partial charge in [0.15, 0.2) is 5.78 Å². The van der Waals surface area contributed by atoms with Crippen LogP contribution in [0.25, 0.3) is 112 Å². The number of aliphatic hydroxyl groups is 1. The van der Waals surface area contributed by atoms with Crippen LogP contribution in [0.3, 0.4) is 0 Å². The number of allylic oxidation sites excluding steroid dienone is 2. The van der Waals surface area contributed by atoms with Crippen LogP contribution in [0, 0.1) is 30.3 Å². The summed E-state index contributed by atoms with van der Waals surface area (Å²) in [5.74, 6) is -0.0625. The SMILES string of the molecule is CC(=O)C=C(C)O.CCc1cc(-c2[c-]cccc2)ncc1-c1ccccc1.C[Si](C)(C)c1cc(-c2[c-]cccc2)ncc1-c1ccccc1.C[Si](C)(C)c1cc(-c2[c-]cccc2)ncc1-c1ccccc1.C[Si](C)(C)c1cc(-c2[c-]cccc2)ncc1-c1ccccc1.C[Si](C)(C)c1ccc(-c2[c-]ccc(-c3ccccc3)c2)nc1.[Ir].[Ir].[Ir]. The van der Waals surface area contributed by atoms with E-state index in [1.54, 1.807) is 0 Å². The normalized spacial score (nSPS) is 11.0. The van der Waals surface area contributed by atoms with Crippen molar-refractivity contribution in [3.8, 4) is 112 Å². The number of hydrogen-bond acceptors (Lipinski definition) is 7. The van der Waals surface area contributed by atoms with Crippen LogP contribution in [-0.2, 0) is 71.5 Å². The Hall–Kier alpha value is -10.0. The fraction of sp³-hybridized carbons (Fsp3) is 0.154. The predicted molar refractivity (Wildman–Crippen MR) is 498 cm³/mol. The molecule has 0 saturated carbocycles. The Morgan fingerprint density at radius 2 is 0.602 bits per heavy atom. The van der Waals surface area contributed by atoms with Gasteiger partial charge in [0.25, 0.3) is 0 Å². The van der Waals surface area contributed by atoms with Gasteiger partial charge in [-0.2, -0.15) is 0 Å². The van der Waals surface area contributed by atoms with Gasteiger partial charge in [-0.05, 0) is 104 Å². The summed E-state index contributed by atoms with van der Waals surface area (Å²) in [6.07, 6.45) is 12.2. The van der Waals surface area contributed by atoms with Crippen LogP contribution in [0.2, 0.25) is 78.6 Å². The van der Waals surface area contributed by atoms with Crippen LogP contribution < -0.4 is 20.7 Å². The molecule has 15 aromatic rings. The number of hydrogen-bond donors (Lipinski definition) is 1. The van der Waals surface area contributed by atoms with Crippen molar-refractivity contribution in [3.63, 3.8) is 0 Å². The molecule has 10 aromatic carbocycles. The van der Waals surface area contributed by atoms with Gasteiger partial charge in [0.1, 0.15) is 0 Å². The van der Waals surface area contributed by atoms with Crippen molar-refractivity contribution in [1.29, 1.82) is 0 Å². The van der Waals surface area contributed by atoms with E-state index >= 15 is 0 Å². The van der Waals surface area contributed by atoms with Crippen LogP contribution in [0.4, 0.5) is 0 Å². The van der Waals surface area contributed by atoms with Gasteiger partial charge in [0.05, 0.1) is 38.1 Å². The summed E-state index contributed by atoms with van der Waals surface area (Å²) in [5.41, 5.74) is 24.0. The van der Waals surface area contributed by atoms with Gasteiger partial charge in [-0.1, -0.05) is 289 Å². The van der Waals surface area contributed by atoms with Gasteiger partial charge in [-0.3, -0.25) is 4.79 Å². The summed E-state index contributed by atoms with van der Waals surface area (Å²) in [5, 5.41) is 14.1. The third kappa shape index (κ3) is 28.1. The molecule has 0 unspecified atom stereocenters. The molecular formula is C104H104Ir3N5O2Si4-5. The molecule has 0 amide bonds. The number of nitrogens with zero attached hydrogens (tertiary/aromatic N) is 5. The van der Waals surface area contributed by atoms with E-state index in [9.17, 15) is 4.79 Å². The van der Waals surface area contributed by atoms with Gasteiger partial charge in [-0.15, -0.1) is 179 Å². The first-order chi connectivity index (χ1) is 55.2. The minimum absolute atomic E-state index is 0. The molecule has 0 aliphatic heterocycles. The zero-order valence-electron chi connectivity index (χ0n) is 70.1. The van der Waals surface area contributed by atoms with Crippen molar-refractivity contribution >= 4 is 58.8 Å². The number of aromatic nitrogens is 5. The zero-order chi connectivity index (χ0) is 82.0. The first-order valence-electron chi connectivity index (χ1n) is 39.2. The molecule has 0 aliphatic carbocycles. The van der Waals surface area contributed by atoms with E-state index in [4.69, 9.17) is 20.1 Å². The molecule has 0 atom stereocenters. The van der Waals surface area contributed by atoms with Crippen molar-refractivity contribution in [3.05, 3.63) is 382 Å². The molecule has 7 nitrogen and oxygen atoms in total. The third-order valence-corrected chi connectivity index (χ3v) is 27.1. The van der Waals surface area contributed by atoms with Crippen molar-refractivity contribution in [1.82, 2.24) is 24.9 Å². The number of carbonyl (C=O) groups excluding carboxylic acids is 1. The molecule has 0 spiro atoms. The summed E-state index contributed by atoms with van der Waals surface area (Å²) < 4.78 is 0. The Labute approximate surface area is 747 Å². The van der Waals surface area contributed by atoms with Gasteiger partial charge in [0, 0.05) is 103 Å². The second kappa shape index (κ2) is 45.8. The number of ketones is 1. The molecule has 118 heavy (non-hydrogen) atoms. The molecule has 1 N–H and O–H groups in total. The van der Waals surface area contributed by atoms with Crippen LogP contribution in [-0.4, -0.2) is 68.1 Å². The number of pyridine rings is 5. The molecule has 0 saturated heterocycles. The van der Waals surface area contributed by atoms with E-state index in [0.29, 0.717) is 0 Å². The Kier molecular flexibility index (Phi) is 36.9. The summed E-state index contributed by atoms with van der Waals surface area (Å²) in [7, 11) is -5.73. The number of benzene rings is 10. The van der Waals surface area contributed by atoms with Crippen molar-refractivity contribution in [2.24, 2.45) is 0 Å². The van der Waals surface area contributed by atoms with Crippen LogP contribution >= 0.6 is 0 Å². The van der Waals surface area contributed by atoms with Crippen molar-refractivity contribution in [2.45, 2.75) is 106 Å². The summed E-state index contributed by atoms with van der Waals surface area (Å²) in [6.45, 7) is 33.5. The topological polar surface area (TPSA) is 102 Å². The first kappa shape index (κ1) is 95.1. The van der Waals surface area contributed by atoms with Gasteiger partial charge < -0.3 is 30.0 Å². The monoisotopic (exact) mass is 2150 g/mol. The van der Waals surface area contributed by atoms with Crippen LogP contribution in [0.15, 0.2) is 346 Å². The number of aliphatic hydroxyl groups excluding tert-OH is 1. The maximum Gasteiger partial charge on any atom is 0.155 e. The zero-order valence-corrected chi connectivity index (χ0v) is 81.3. The molecule has 3 radical (unpaired) electrons. The maximum atomic E-state index is 10.0. The second-order valence-corrected chi connectivity index (χ2v) is 52.4. The van der Waals surface area contributed by atoms with Crippen molar-refractivity contribution < 1.29 is 70.2 Å². The Morgan fingerprint density at radius 3 is 0.873 bits per heavy atom. The second-order valence-electron chi connectivity index (χ2n) is 32.2. The number of carbonyl (C=O) groups is 1. The summed E-state index contributed by atoms with van der Waals surface area (Å²) >= 11 is 0. The molecular weight excluding hydrogens is 2040 g/mol. The minimum Gasteiger partial charge on any atom is -0.512 e. The molecule has 605 valence electrons. The Morgan fingerprint density at radius 1 is 0.305 bits per heavy atom. The largest absolute Gasteiger partial charge is 0.512 e. The average molecular weight is 2150 g/mol. The fourth-order valence-electron chi connectivity index (χ4n) is 13.0. The van der Waals surface area contributed by atoms with Gasteiger partial charge >= 0.3 is 0 Å². The van der Waals surface area contributed by atoms with E-state index in [-0.39, 0.29) is 71.9 Å². The Bertz CT molecular complexity index is 5250. The van der Waals surface area contributed by atoms with E-state index in [0.717, 1.165) is 62.7 Å². The molecule has 15 rings (SSSR count). The van der Waals surface area contributed by atoms with Gasteiger partial charge in [0.2, 0.25) is 0 Å². The van der Waals surface area contributed by atoms with E-state index in [1.807, 2.05) is 128 Å². The Balaban J connectivity index is 0.000000198. The molecule has 0 fully saturated rings. The minimum atomic E-state index is -1.48. The van der Waals surface area contributed by atoms with Crippen LogP contribution in [0.1, 0.15) is 26.3 Å². The fourth-order valence-corrected chi connectivity index (χ4v) is 18.7. The predicted octanol–water partition coefficient (Wildman–Crippen LogP) is 24.9.